The monoisotopic (exact) mass is 161 g/mol. The van der Waals surface area contributed by atoms with Crippen molar-refractivity contribution in [2.45, 2.75) is 45.3 Å². The molecule has 4 nitrogen and oxygen atoms in total. The van der Waals surface area contributed by atoms with Crippen molar-refractivity contribution in [3.05, 3.63) is 10.1 Å². The first kappa shape index (κ1) is 10.4. The Hall–Kier alpha value is -0.640. The predicted molar refractivity (Wildman–Crippen MR) is 41.8 cm³/mol. The summed E-state index contributed by atoms with van der Waals surface area (Å²) < 4.78 is 0. The molecule has 0 aromatic rings. The average Bonchev–Trinajstić information content (AvgIpc) is 1.97. The number of hydrogen-bond acceptors (Lipinski definition) is 3. The van der Waals surface area contributed by atoms with Crippen molar-refractivity contribution in [1.29, 1.82) is 0 Å². The fraction of sp³-hybridized carbons (Fsp3) is 1.00. The van der Waals surface area contributed by atoms with Gasteiger partial charge in [0.05, 0.1) is 4.92 Å². The van der Waals surface area contributed by atoms with Crippen LogP contribution in [0.4, 0.5) is 0 Å². The Bertz CT molecular complexity index is 116. The summed E-state index contributed by atoms with van der Waals surface area (Å²) in [5.41, 5.74) is 0. The van der Waals surface area contributed by atoms with Gasteiger partial charge in [-0.25, -0.2) is 0 Å². The van der Waals surface area contributed by atoms with Crippen LogP contribution in [0.25, 0.3) is 0 Å². The Morgan fingerprint density at radius 1 is 1.45 bits per heavy atom. The molecule has 1 atom stereocenters. The lowest BCUT2D eigenvalue weighted by atomic mass is 10.1. The number of aliphatic hydroxyl groups excluding tert-OH is 1. The molecule has 0 unspecified atom stereocenters. The summed E-state index contributed by atoms with van der Waals surface area (Å²) in [7, 11) is 0. The van der Waals surface area contributed by atoms with Crippen molar-refractivity contribution in [3.63, 3.8) is 0 Å². The summed E-state index contributed by atoms with van der Waals surface area (Å²) in [6.07, 6.45) is 2.84. The van der Waals surface area contributed by atoms with Crippen molar-refractivity contribution in [3.8, 4) is 0 Å². The molecule has 0 spiro atoms. The molecule has 0 amide bonds. The highest BCUT2D eigenvalue weighted by atomic mass is 16.7. The van der Waals surface area contributed by atoms with E-state index in [0.717, 1.165) is 25.7 Å². The quantitative estimate of drug-likeness (QED) is 0.278. The average molecular weight is 161 g/mol. The number of unbranched alkanes of at least 4 members (excludes halogenated alkanes) is 3. The van der Waals surface area contributed by atoms with E-state index in [9.17, 15) is 10.1 Å². The number of nitro groups is 1. The van der Waals surface area contributed by atoms with Crippen LogP contribution in [0.15, 0.2) is 0 Å². The summed E-state index contributed by atoms with van der Waals surface area (Å²) in [6, 6.07) is 0. The van der Waals surface area contributed by atoms with E-state index in [1.807, 2.05) is 0 Å². The fourth-order valence-electron chi connectivity index (χ4n) is 0.859. The van der Waals surface area contributed by atoms with E-state index in [0.29, 0.717) is 0 Å². The van der Waals surface area contributed by atoms with Crippen LogP contribution in [-0.2, 0) is 0 Å². The maximum Gasteiger partial charge on any atom is 0.312 e. The molecule has 0 radical (unpaired) electrons. The van der Waals surface area contributed by atoms with Crippen molar-refractivity contribution in [2.75, 3.05) is 0 Å². The standard InChI is InChI=1S/C7H15NO3/c1-2-3-4-5-6-7(9)8(10)11/h7,9H,2-6H2,1H3/t7-/m1/s1. The van der Waals surface area contributed by atoms with E-state index in [4.69, 9.17) is 5.11 Å². The third kappa shape index (κ3) is 5.79. The van der Waals surface area contributed by atoms with Gasteiger partial charge in [-0.15, -0.1) is 0 Å². The minimum Gasteiger partial charge on any atom is -0.333 e. The zero-order valence-electron chi connectivity index (χ0n) is 6.82. The van der Waals surface area contributed by atoms with E-state index >= 15 is 0 Å². The molecule has 0 saturated carbocycles. The Labute approximate surface area is 66.4 Å². The highest BCUT2D eigenvalue weighted by Crippen LogP contribution is 2.05. The summed E-state index contributed by atoms with van der Waals surface area (Å²) in [5.74, 6) is 0. The predicted octanol–water partition coefficient (Wildman–Crippen LogP) is 1.55. The molecule has 0 aliphatic rings. The van der Waals surface area contributed by atoms with Crippen LogP contribution in [0, 0.1) is 10.1 Å². The molecule has 11 heavy (non-hydrogen) atoms. The molecular formula is C7H15NO3. The minimum absolute atomic E-state index is 0.285. The third-order valence-electron chi connectivity index (χ3n) is 1.56. The Balaban J connectivity index is 3.17. The first-order valence-corrected chi connectivity index (χ1v) is 4.00. The third-order valence-corrected chi connectivity index (χ3v) is 1.56. The van der Waals surface area contributed by atoms with E-state index in [2.05, 4.69) is 6.92 Å². The summed E-state index contributed by atoms with van der Waals surface area (Å²) in [6.45, 7) is 2.07. The van der Waals surface area contributed by atoms with E-state index in [1.54, 1.807) is 0 Å². The summed E-state index contributed by atoms with van der Waals surface area (Å²) >= 11 is 0. The van der Waals surface area contributed by atoms with E-state index in [1.165, 1.54) is 0 Å². The molecule has 0 heterocycles. The number of hydrogen-bond donors (Lipinski definition) is 1. The van der Waals surface area contributed by atoms with Gasteiger partial charge in [-0.05, 0) is 6.42 Å². The van der Waals surface area contributed by atoms with Gasteiger partial charge >= 0.3 is 6.23 Å². The first-order chi connectivity index (χ1) is 5.18. The van der Waals surface area contributed by atoms with Crippen LogP contribution in [0.3, 0.4) is 0 Å². The maximum absolute atomic E-state index is 9.92. The second-order valence-electron chi connectivity index (χ2n) is 2.62. The second kappa shape index (κ2) is 6.09. The lowest BCUT2D eigenvalue weighted by Gasteiger charge is -2.00. The fourth-order valence-corrected chi connectivity index (χ4v) is 0.859. The van der Waals surface area contributed by atoms with Gasteiger partial charge in [0.2, 0.25) is 0 Å². The lowest BCUT2D eigenvalue weighted by molar-refractivity contribution is -0.571. The number of nitrogens with zero attached hydrogens (tertiary/aromatic N) is 1. The summed E-state index contributed by atoms with van der Waals surface area (Å²) in [4.78, 5) is 9.27. The van der Waals surface area contributed by atoms with Gasteiger partial charge in [-0.2, -0.15) is 0 Å². The maximum atomic E-state index is 9.92. The lowest BCUT2D eigenvalue weighted by Crippen LogP contribution is -2.17. The number of aliphatic hydroxyl groups is 1. The van der Waals surface area contributed by atoms with Crippen LogP contribution >= 0.6 is 0 Å². The smallest absolute Gasteiger partial charge is 0.312 e. The molecule has 1 N–H and O–H groups in total. The van der Waals surface area contributed by atoms with Crippen LogP contribution in [0.5, 0.6) is 0 Å². The van der Waals surface area contributed by atoms with Gasteiger partial charge in [0, 0.05) is 6.42 Å². The van der Waals surface area contributed by atoms with Crippen LogP contribution in [0.1, 0.15) is 39.0 Å². The molecule has 0 rings (SSSR count). The molecule has 0 fully saturated rings. The van der Waals surface area contributed by atoms with Crippen molar-refractivity contribution in [1.82, 2.24) is 0 Å². The van der Waals surface area contributed by atoms with E-state index in [-0.39, 0.29) is 6.42 Å². The molecule has 0 aliphatic heterocycles. The van der Waals surface area contributed by atoms with Crippen molar-refractivity contribution >= 4 is 0 Å². The van der Waals surface area contributed by atoms with Crippen LogP contribution < -0.4 is 0 Å². The Morgan fingerprint density at radius 2 is 2.09 bits per heavy atom. The molecule has 4 heteroatoms. The van der Waals surface area contributed by atoms with E-state index < -0.39 is 11.2 Å². The molecule has 0 aromatic heterocycles. The zero-order valence-corrected chi connectivity index (χ0v) is 6.82. The molecule has 66 valence electrons. The zero-order chi connectivity index (χ0) is 8.69. The van der Waals surface area contributed by atoms with Gasteiger partial charge in [-0.3, -0.25) is 10.1 Å². The van der Waals surface area contributed by atoms with Crippen molar-refractivity contribution < 1.29 is 10.0 Å². The molecule has 0 saturated heterocycles. The van der Waals surface area contributed by atoms with Gasteiger partial charge in [0.25, 0.3) is 0 Å². The largest absolute Gasteiger partial charge is 0.333 e. The summed E-state index contributed by atoms with van der Waals surface area (Å²) in [5, 5.41) is 18.6. The highest BCUT2D eigenvalue weighted by molar-refractivity contribution is 4.43. The highest BCUT2D eigenvalue weighted by Gasteiger charge is 2.12. The molecule has 0 aromatic carbocycles. The molecular weight excluding hydrogens is 146 g/mol. The topological polar surface area (TPSA) is 63.4 Å². The molecule has 0 bridgehead atoms. The number of rotatable bonds is 6. The second-order valence-corrected chi connectivity index (χ2v) is 2.62. The van der Waals surface area contributed by atoms with Crippen molar-refractivity contribution in [2.24, 2.45) is 0 Å². The normalized spacial score (nSPS) is 12.9. The SMILES string of the molecule is CCCCCC[C@@H](O)[N+](=O)[O-]. The Kier molecular flexibility index (Phi) is 5.74. The van der Waals surface area contributed by atoms with Gasteiger partial charge in [0.1, 0.15) is 0 Å². The van der Waals surface area contributed by atoms with Gasteiger partial charge in [-0.1, -0.05) is 26.2 Å². The minimum atomic E-state index is -1.35. The van der Waals surface area contributed by atoms with Gasteiger partial charge < -0.3 is 5.11 Å². The molecule has 0 aliphatic carbocycles. The Morgan fingerprint density at radius 3 is 2.55 bits per heavy atom. The first-order valence-electron chi connectivity index (χ1n) is 4.00. The van der Waals surface area contributed by atoms with Crippen LogP contribution in [0.2, 0.25) is 0 Å². The van der Waals surface area contributed by atoms with Gasteiger partial charge in [0.15, 0.2) is 0 Å². The van der Waals surface area contributed by atoms with Crippen LogP contribution in [-0.4, -0.2) is 16.3 Å².